The minimum absolute atomic E-state index is 0. The van der Waals surface area contributed by atoms with E-state index in [1.165, 1.54) is 34.0 Å². The van der Waals surface area contributed by atoms with Gasteiger partial charge in [-0.2, -0.15) is 0 Å². The number of pyridine rings is 2. The van der Waals surface area contributed by atoms with Gasteiger partial charge in [-0.1, -0.05) is 42.1 Å². The van der Waals surface area contributed by atoms with Gasteiger partial charge in [0.2, 0.25) is 0 Å². The summed E-state index contributed by atoms with van der Waals surface area (Å²) in [7, 11) is 0. The first kappa shape index (κ1) is 24.5. The summed E-state index contributed by atoms with van der Waals surface area (Å²) in [4.78, 5) is 27.2. The molecule has 0 bridgehead atoms. The van der Waals surface area contributed by atoms with Crippen LogP contribution in [0.25, 0.3) is 21.8 Å². The van der Waals surface area contributed by atoms with E-state index in [0.29, 0.717) is 6.29 Å². The zero-order valence-electron chi connectivity index (χ0n) is 16.0. The minimum atomic E-state index is -1.75. The number of benzene rings is 2. The number of hydrogen-bond acceptors (Lipinski definition) is 7. The molecule has 0 aliphatic heterocycles. The van der Waals surface area contributed by atoms with E-state index in [1.54, 1.807) is 12.1 Å². The normalized spacial score (nSPS) is 9.40. The number of aldehydes is 1. The van der Waals surface area contributed by atoms with Crippen molar-refractivity contribution in [2.24, 2.45) is 0 Å². The topological polar surface area (TPSA) is 132 Å². The number of fused-ring (bicyclic) bond motifs is 3. The zero-order chi connectivity index (χ0) is 21.4. The van der Waals surface area contributed by atoms with Gasteiger partial charge >= 0.3 is 17.1 Å². The predicted molar refractivity (Wildman–Crippen MR) is 108 cm³/mol. The number of nitrogens with zero attached hydrogens (tertiary/aromatic N) is 3. The van der Waals surface area contributed by atoms with Gasteiger partial charge in [-0.05, 0) is 37.1 Å². The van der Waals surface area contributed by atoms with Crippen molar-refractivity contribution in [3.8, 4) is 5.75 Å². The van der Waals surface area contributed by atoms with Crippen LogP contribution in [0.2, 0.25) is 0 Å². The van der Waals surface area contributed by atoms with Crippen LogP contribution in [0.5, 0.6) is 5.75 Å². The van der Waals surface area contributed by atoms with E-state index in [4.69, 9.17) is 15.3 Å². The van der Waals surface area contributed by atoms with Crippen molar-refractivity contribution in [1.29, 1.82) is 0 Å². The van der Waals surface area contributed by atoms with Gasteiger partial charge in [-0.25, -0.2) is 0 Å². The third-order valence-electron chi connectivity index (χ3n) is 4.26. The summed E-state index contributed by atoms with van der Waals surface area (Å²) < 4.78 is 0. The minimum Gasteiger partial charge on any atom is -0.872 e. The maximum absolute atomic E-state index is 10.6. The fraction of sp³-hybridized carbons (Fsp3) is 0.0952. The Morgan fingerprint density at radius 2 is 1.27 bits per heavy atom. The molecule has 0 N–H and O–H groups in total. The first-order chi connectivity index (χ1) is 13.9. The number of aromatic nitrogens is 2. The van der Waals surface area contributed by atoms with Gasteiger partial charge in [0.1, 0.15) is 6.29 Å². The molecule has 0 atom stereocenters. The van der Waals surface area contributed by atoms with E-state index in [1.807, 2.05) is 24.5 Å². The quantitative estimate of drug-likeness (QED) is 0.141. The molecule has 2 aromatic carbocycles. The predicted octanol–water partition coefficient (Wildman–Crippen LogP) is 3.73. The molecule has 0 saturated carbocycles. The molecule has 0 spiro atoms. The van der Waals surface area contributed by atoms with Gasteiger partial charge in [-0.15, -0.1) is 0 Å². The van der Waals surface area contributed by atoms with Crippen LogP contribution >= 0.6 is 0 Å². The first-order valence-electron chi connectivity index (χ1n) is 8.48. The molecule has 0 amide bonds. The Morgan fingerprint density at radius 1 is 0.833 bits per heavy atom. The first-order valence-corrected chi connectivity index (χ1v) is 8.48. The summed E-state index contributed by atoms with van der Waals surface area (Å²) in [6, 6.07) is 14.3. The summed E-state index contributed by atoms with van der Waals surface area (Å²) >= 11 is 0. The summed E-state index contributed by atoms with van der Waals surface area (Å²) in [5, 5.41) is 27.8. The van der Waals surface area contributed by atoms with Gasteiger partial charge in [0.15, 0.2) is 0 Å². The summed E-state index contributed by atoms with van der Waals surface area (Å²) in [6.07, 6.45) is 4.21. The molecule has 0 saturated heterocycles. The molecule has 0 aliphatic rings. The van der Waals surface area contributed by atoms with E-state index in [2.05, 4.69) is 35.9 Å². The van der Waals surface area contributed by atoms with E-state index < -0.39 is 5.09 Å². The molecule has 4 rings (SSSR count). The number of para-hydroxylation sites is 1. The van der Waals surface area contributed by atoms with Crippen LogP contribution in [0.1, 0.15) is 21.5 Å². The molecule has 0 unspecified atom stereocenters. The second-order valence-electron chi connectivity index (χ2n) is 5.93. The molecule has 9 heteroatoms. The fourth-order valence-electron chi connectivity index (χ4n) is 2.78. The van der Waals surface area contributed by atoms with E-state index >= 15 is 0 Å². The van der Waals surface area contributed by atoms with Gasteiger partial charge in [0.05, 0.1) is 16.1 Å². The van der Waals surface area contributed by atoms with Gasteiger partial charge in [0.25, 0.3) is 0 Å². The average Bonchev–Trinajstić information content (AvgIpc) is 2.72. The van der Waals surface area contributed by atoms with Crippen LogP contribution in [-0.4, -0.2) is 21.3 Å². The van der Waals surface area contributed by atoms with E-state index in [0.717, 1.165) is 11.0 Å². The molecular weight excluding hydrogens is 438 g/mol. The van der Waals surface area contributed by atoms with E-state index in [9.17, 15) is 9.90 Å². The molecule has 1 radical (unpaired) electrons. The van der Waals surface area contributed by atoms with Crippen LogP contribution in [-0.2, 0) is 17.1 Å². The molecule has 0 fully saturated rings. The number of aryl methyl sites for hydroxylation is 2. The van der Waals surface area contributed by atoms with Crippen LogP contribution in [0, 0.1) is 29.2 Å². The molecular formula is C21H17CuN3O5. The molecule has 2 heterocycles. The molecule has 4 aromatic rings. The number of carbonyl (C=O) groups is 1. The monoisotopic (exact) mass is 454 g/mol. The maximum atomic E-state index is 10.6. The second kappa shape index (κ2) is 11.5. The van der Waals surface area contributed by atoms with Crippen molar-refractivity contribution < 1.29 is 32.1 Å². The zero-order valence-corrected chi connectivity index (χ0v) is 17.0. The van der Waals surface area contributed by atoms with Crippen molar-refractivity contribution in [2.75, 3.05) is 0 Å². The van der Waals surface area contributed by atoms with Crippen LogP contribution in [0.3, 0.4) is 0 Å². The number of carbonyl (C=O) groups excluding carboxylic acids is 1. The van der Waals surface area contributed by atoms with Crippen LogP contribution in [0.15, 0.2) is 60.9 Å². The number of hydrogen-bond donors (Lipinski definition) is 0. The van der Waals surface area contributed by atoms with Gasteiger partial charge < -0.3 is 20.4 Å². The summed E-state index contributed by atoms with van der Waals surface area (Å²) in [6.45, 7) is 4.29. The Balaban J connectivity index is 0.000000274. The third kappa shape index (κ3) is 5.97. The summed E-state index contributed by atoms with van der Waals surface area (Å²) in [5.41, 5.74) is 4.81. The molecule has 30 heavy (non-hydrogen) atoms. The Morgan fingerprint density at radius 3 is 1.63 bits per heavy atom. The fourth-order valence-corrected chi connectivity index (χ4v) is 2.78. The van der Waals surface area contributed by atoms with Crippen molar-refractivity contribution in [1.82, 2.24) is 9.97 Å². The Bertz CT molecular complexity index is 1100. The Hall–Kier alpha value is -3.55. The van der Waals surface area contributed by atoms with Crippen LogP contribution in [0.4, 0.5) is 0 Å². The Labute approximate surface area is 182 Å². The molecule has 157 valence electrons. The average molecular weight is 455 g/mol. The smallest absolute Gasteiger partial charge is 0.872 e. The molecule has 0 aliphatic carbocycles. The standard InChI is InChI=1S/C14H12N2.C7H6O2.Cu.NO3/c1-9-10(2)12-6-4-8-16-14(12)13-11(9)5-3-7-15-13;8-5-6-3-1-2-4-7(6)9;;2-1(3)4/h3-8H,1-2H3;1-5,9H;;/q;;+2;-1/p-1. The molecule has 2 aromatic heterocycles. The van der Waals surface area contributed by atoms with E-state index in [-0.39, 0.29) is 28.4 Å². The SMILES string of the molecule is Cc1c(C)c2cccnc2c2ncccc12.O=Cc1ccccc1[O-].O=[N+]([O-])[O-].[Cu+2]. The number of rotatable bonds is 1. The van der Waals surface area contributed by atoms with Crippen molar-refractivity contribution in [2.45, 2.75) is 13.8 Å². The van der Waals surface area contributed by atoms with Gasteiger partial charge in [0, 0.05) is 28.7 Å². The van der Waals surface area contributed by atoms with Gasteiger partial charge in [-0.3, -0.25) is 14.8 Å². The Kier molecular flexibility index (Phi) is 9.35. The second-order valence-corrected chi connectivity index (χ2v) is 5.93. The maximum Gasteiger partial charge on any atom is 2.00 e. The third-order valence-corrected chi connectivity index (χ3v) is 4.26. The molecule has 8 nitrogen and oxygen atoms in total. The summed E-state index contributed by atoms with van der Waals surface area (Å²) in [5.74, 6) is -0.215. The largest absolute Gasteiger partial charge is 2.00 e. The van der Waals surface area contributed by atoms with Crippen molar-refractivity contribution >= 4 is 28.1 Å². The van der Waals surface area contributed by atoms with Crippen molar-refractivity contribution in [3.63, 3.8) is 0 Å². The van der Waals surface area contributed by atoms with Crippen LogP contribution < -0.4 is 5.11 Å². The van der Waals surface area contributed by atoms with Crippen molar-refractivity contribution in [3.05, 3.63) is 92.9 Å².